The van der Waals surface area contributed by atoms with E-state index in [1.165, 1.54) is 17.8 Å². The van der Waals surface area contributed by atoms with Crippen LogP contribution in [0, 0.1) is 5.92 Å². The third-order valence-corrected chi connectivity index (χ3v) is 6.66. The monoisotopic (exact) mass is 539 g/mol. The third kappa shape index (κ3) is 6.66. The molecule has 1 heterocycles. The summed E-state index contributed by atoms with van der Waals surface area (Å²) < 4.78 is 1.89. The van der Waals surface area contributed by atoms with E-state index in [-0.39, 0.29) is 28.5 Å². The maximum absolute atomic E-state index is 12.9. The molecule has 0 bridgehead atoms. The van der Waals surface area contributed by atoms with Crippen LogP contribution in [0.3, 0.4) is 0 Å². The number of amides is 2. The number of halogens is 3. The molecule has 0 aliphatic rings. The molecule has 0 fully saturated rings. The van der Waals surface area contributed by atoms with Crippen LogP contribution in [0.1, 0.15) is 43.0 Å². The van der Waals surface area contributed by atoms with Gasteiger partial charge in [-0.3, -0.25) is 9.59 Å². The fraction of sp³-hybridized carbons (Fsp3) is 0.304. The summed E-state index contributed by atoms with van der Waals surface area (Å²) in [7, 11) is 0. The minimum atomic E-state index is -0.415. The first-order chi connectivity index (χ1) is 16.2. The van der Waals surface area contributed by atoms with Crippen LogP contribution in [-0.2, 0) is 11.3 Å². The zero-order chi connectivity index (χ0) is 24.8. The smallest absolute Gasteiger partial charge is 0.253 e. The Bertz CT molecular complexity index is 1190. The van der Waals surface area contributed by atoms with E-state index in [0.29, 0.717) is 38.8 Å². The molecule has 11 heteroatoms. The van der Waals surface area contributed by atoms with Crippen LogP contribution in [0.15, 0.2) is 47.6 Å². The van der Waals surface area contributed by atoms with Crippen molar-refractivity contribution in [3.63, 3.8) is 0 Å². The lowest BCUT2D eigenvalue weighted by atomic mass is 10.0. The van der Waals surface area contributed by atoms with E-state index in [0.717, 1.165) is 0 Å². The minimum Gasteiger partial charge on any atom is -0.342 e. The van der Waals surface area contributed by atoms with Crippen molar-refractivity contribution in [3.05, 3.63) is 68.9 Å². The number of carbonyl (C=O) groups is 2. The normalized spacial score (nSPS) is 12.0. The fourth-order valence-electron chi connectivity index (χ4n) is 3.25. The van der Waals surface area contributed by atoms with Crippen molar-refractivity contribution in [2.24, 2.45) is 5.92 Å². The SMILES string of the molecule is CCn1c(SCC(=O)Nc2cccc(Cl)c2)nnc1[C@@H](NC(=O)c1ccc(Cl)cc1Cl)C(C)C. The Kier molecular flexibility index (Phi) is 9.24. The number of thioether (sulfide) groups is 1. The topological polar surface area (TPSA) is 88.9 Å². The number of aromatic nitrogens is 3. The minimum absolute atomic E-state index is 0.0218. The molecule has 7 nitrogen and oxygen atoms in total. The Labute approximate surface area is 217 Å². The zero-order valence-electron chi connectivity index (χ0n) is 18.8. The van der Waals surface area contributed by atoms with E-state index in [4.69, 9.17) is 34.8 Å². The Hall–Kier alpha value is -2.26. The van der Waals surface area contributed by atoms with E-state index in [1.54, 1.807) is 36.4 Å². The van der Waals surface area contributed by atoms with Crippen LogP contribution in [0.25, 0.3) is 0 Å². The standard InChI is InChI=1S/C23H24Cl3N5O2S/c1-4-31-21(20(13(2)3)28-22(33)17-9-8-15(25)11-18(17)26)29-30-23(31)34-12-19(32)27-16-7-5-6-14(24)10-16/h5-11,13,20H,4,12H2,1-3H3,(H,27,32)(H,28,33)/t20-/m0/s1. The Morgan fingerprint density at radius 3 is 2.44 bits per heavy atom. The Morgan fingerprint density at radius 2 is 1.79 bits per heavy atom. The molecule has 0 radical (unpaired) electrons. The van der Waals surface area contributed by atoms with E-state index in [1.807, 2.05) is 25.3 Å². The summed E-state index contributed by atoms with van der Waals surface area (Å²) in [5.74, 6) is 0.248. The van der Waals surface area contributed by atoms with Gasteiger partial charge in [0.25, 0.3) is 5.91 Å². The first kappa shape index (κ1) is 26.3. The van der Waals surface area contributed by atoms with E-state index in [2.05, 4.69) is 20.8 Å². The molecule has 34 heavy (non-hydrogen) atoms. The molecule has 1 atom stereocenters. The van der Waals surface area contributed by atoms with Crippen LogP contribution in [0.4, 0.5) is 5.69 Å². The van der Waals surface area contributed by atoms with Gasteiger partial charge in [-0.15, -0.1) is 10.2 Å². The van der Waals surface area contributed by atoms with Gasteiger partial charge >= 0.3 is 0 Å². The molecule has 3 aromatic rings. The van der Waals surface area contributed by atoms with Gasteiger partial charge in [-0.1, -0.05) is 66.5 Å². The lowest BCUT2D eigenvalue weighted by Crippen LogP contribution is -2.34. The van der Waals surface area contributed by atoms with Crippen LogP contribution in [-0.4, -0.2) is 32.3 Å². The number of hydrogen-bond acceptors (Lipinski definition) is 5. The molecular formula is C23H24Cl3N5O2S. The van der Waals surface area contributed by atoms with Crippen molar-refractivity contribution in [1.82, 2.24) is 20.1 Å². The highest BCUT2D eigenvalue weighted by Gasteiger charge is 2.27. The van der Waals surface area contributed by atoms with Gasteiger partial charge in [0.1, 0.15) is 0 Å². The molecule has 0 aliphatic heterocycles. The summed E-state index contributed by atoms with van der Waals surface area (Å²) in [6.07, 6.45) is 0. The van der Waals surface area contributed by atoms with Gasteiger partial charge in [-0.2, -0.15) is 0 Å². The summed E-state index contributed by atoms with van der Waals surface area (Å²) in [6.45, 7) is 6.49. The summed E-state index contributed by atoms with van der Waals surface area (Å²) in [4.78, 5) is 25.3. The second-order valence-corrected chi connectivity index (χ2v) is 9.97. The number of rotatable bonds is 9. The molecule has 2 amide bonds. The van der Waals surface area contributed by atoms with E-state index < -0.39 is 6.04 Å². The second kappa shape index (κ2) is 11.9. The van der Waals surface area contributed by atoms with Crippen LogP contribution in [0.5, 0.6) is 0 Å². The van der Waals surface area contributed by atoms with Crippen molar-refractivity contribution in [3.8, 4) is 0 Å². The quantitative estimate of drug-likeness (QED) is 0.319. The fourth-order valence-corrected chi connectivity index (χ4v) is 4.74. The van der Waals surface area contributed by atoms with Crippen molar-refractivity contribution < 1.29 is 9.59 Å². The molecule has 1 aromatic heterocycles. The largest absolute Gasteiger partial charge is 0.342 e. The van der Waals surface area contributed by atoms with Crippen LogP contribution >= 0.6 is 46.6 Å². The van der Waals surface area contributed by atoms with Crippen molar-refractivity contribution in [1.29, 1.82) is 0 Å². The van der Waals surface area contributed by atoms with Crippen LogP contribution < -0.4 is 10.6 Å². The number of anilines is 1. The maximum Gasteiger partial charge on any atom is 0.253 e. The van der Waals surface area contributed by atoms with Gasteiger partial charge in [-0.05, 0) is 49.2 Å². The van der Waals surface area contributed by atoms with Crippen LogP contribution in [0.2, 0.25) is 15.1 Å². The number of carbonyl (C=O) groups excluding carboxylic acids is 2. The van der Waals surface area contributed by atoms with Gasteiger partial charge in [0.15, 0.2) is 11.0 Å². The van der Waals surface area contributed by atoms with Crippen molar-refractivity contribution >= 4 is 64.1 Å². The number of benzene rings is 2. The first-order valence-electron chi connectivity index (χ1n) is 10.6. The van der Waals surface area contributed by atoms with Gasteiger partial charge in [-0.25, -0.2) is 0 Å². The molecule has 0 aliphatic carbocycles. The van der Waals surface area contributed by atoms with Gasteiger partial charge in [0, 0.05) is 22.3 Å². The highest BCUT2D eigenvalue weighted by molar-refractivity contribution is 7.99. The van der Waals surface area contributed by atoms with Gasteiger partial charge < -0.3 is 15.2 Å². The van der Waals surface area contributed by atoms with Crippen molar-refractivity contribution in [2.75, 3.05) is 11.1 Å². The lowest BCUT2D eigenvalue weighted by Gasteiger charge is -2.22. The average molecular weight is 541 g/mol. The Balaban J connectivity index is 1.73. The van der Waals surface area contributed by atoms with E-state index in [9.17, 15) is 9.59 Å². The molecule has 0 unspecified atom stereocenters. The molecule has 0 spiro atoms. The third-order valence-electron chi connectivity index (χ3n) is 4.91. The molecule has 2 aromatic carbocycles. The summed E-state index contributed by atoms with van der Waals surface area (Å²) >= 11 is 19.4. The van der Waals surface area contributed by atoms with Gasteiger partial charge in [0.05, 0.1) is 22.4 Å². The van der Waals surface area contributed by atoms with Crippen molar-refractivity contribution in [2.45, 2.75) is 38.5 Å². The van der Waals surface area contributed by atoms with E-state index >= 15 is 0 Å². The molecule has 2 N–H and O–H groups in total. The average Bonchev–Trinajstić information content (AvgIpc) is 3.18. The number of nitrogens with one attached hydrogen (secondary N) is 2. The predicted octanol–water partition coefficient (Wildman–Crippen LogP) is 6.12. The zero-order valence-corrected chi connectivity index (χ0v) is 21.9. The first-order valence-corrected chi connectivity index (χ1v) is 12.7. The highest BCUT2D eigenvalue weighted by Crippen LogP contribution is 2.27. The number of nitrogens with zero attached hydrogens (tertiary/aromatic N) is 3. The molecule has 3 rings (SSSR count). The summed E-state index contributed by atoms with van der Waals surface area (Å²) in [5, 5.41) is 16.3. The summed E-state index contributed by atoms with van der Waals surface area (Å²) in [5.41, 5.74) is 0.950. The maximum atomic E-state index is 12.9. The highest BCUT2D eigenvalue weighted by atomic mass is 35.5. The second-order valence-electron chi connectivity index (χ2n) is 7.75. The Morgan fingerprint density at radius 1 is 1.06 bits per heavy atom. The number of hydrogen-bond donors (Lipinski definition) is 2. The molecule has 0 saturated carbocycles. The predicted molar refractivity (Wildman–Crippen MR) is 138 cm³/mol. The lowest BCUT2D eigenvalue weighted by molar-refractivity contribution is -0.113. The molecule has 180 valence electrons. The van der Waals surface area contributed by atoms with Gasteiger partial charge in [0.2, 0.25) is 5.91 Å². The summed E-state index contributed by atoms with van der Waals surface area (Å²) in [6, 6.07) is 11.3. The molecule has 0 saturated heterocycles. The molecular weight excluding hydrogens is 517 g/mol.